The Morgan fingerprint density at radius 1 is 0.667 bits per heavy atom. The molecule has 0 aliphatic heterocycles. The van der Waals surface area contributed by atoms with E-state index in [1.807, 2.05) is 74.5 Å². The Kier molecular flexibility index (Phi) is 5.77. The van der Waals surface area contributed by atoms with Gasteiger partial charge in [0.1, 0.15) is 11.5 Å². The van der Waals surface area contributed by atoms with Crippen molar-refractivity contribution in [1.29, 1.82) is 0 Å². The van der Waals surface area contributed by atoms with Crippen LogP contribution in [0.25, 0.3) is 22.3 Å². The van der Waals surface area contributed by atoms with Gasteiger partial charge in [-0.15, -0.1) is 0 Å². The van der Waals surface area contributed by atoms with Crippen LogP contribution in [0.3, 0.4) is 0 Å². The summed E-state index contributed by atoms with van der Waals surface area (Å²) in [5.41, 5.74) is 6.47. The van der Waals surface area contributed by atoms with Crippen LogP contribution in [0, 0.1) is 0 Å². The van der Waals surface area contributed by atoms with Crippen molar-refractivity contribution in [1.82, 2.24) is 0 Å². The molecule has 0 spiro atoms. The van der Waals surface area contributed by atoms with E-state index >= 15 is 0 Å². The van der Waals surface area contributed by atoms with E-state index in [2.05, 4.69) is 25.3 Å². The van der Waals surface area contributed by atoms with Crippen LogP contribution in [0.2, 0.25) is 0 Å². The summed E-state index contributed by atoms with van der Waals surface area (Å²) in [6.45, 7) is 12.2. The summed E-state index contributed by atoms with van der Waals surface area (Å²) in [6, 6.07) is 24.2. The zero-order valence-corrected chi connectivity index (χ0v) is 15.9. The molecule has 27 heavy (non-hydrogen) atoms. The third-order valence-corrected chi connectivity index (χ3v) is 4.32. The van der Waals surface area contributed by atoms with Gasteiger partial charge in [-0.3, -0.25) is 0 Å². The molecule has 0 aromatic heterocycles. The molecule has 0 radical (unpaired) electrons. The first-order chi connectivity index (χ1) is 13.0. The molecular weight excluding hydrogens is 332 g/mol. The molecule has 0 unspecified atom stereocenters. The summed E-state index contributed by atoms with van der Waals surface area (Å²) in [6.07, 6.45) is 0. The fourth-order valence-electron chi connectivity index (χ4n) is 2.88. The van der Waals surface area contributed by atoms with Crippen molar-refractivity contribution >= 4 is 11.1 Å². The Morgan fingerprint density at radius 3 is 1.85 bits per heavy atom. The van der Waals surface area contributed by atoms with Gasteiger partial charge in [0.05, 0.1) is 0 Å². The number of hydrogen-bond donors (Lipinski definition) is 0. The van der Waals surface area contributed by atoms with Gasteiger partial charge in [-0.2, -0.15) is 0 Å². The molecule has 2 nitrogen and oxygen atoms in total. The minimum Gasteiger partial charge on any atom is -0.458 e. The van der Waals surface area contributed by atoms with E-state index in [1.165, 1.54) is 5.56 Å². The third kappa shape index (κ3) is 4.68. The fraction of sp³-hybridized carbons (Fsp3) is 0.120. The number of benzene rings is 3. The second-order valence-corrected chi connectivity index (χ2v) is 6.56. The average molecular weight is 356 g/mol. The van der Waals surface area contributed by atoms with Crippen LogP contribution in [-0.2, 0) is 0 Å². The van der Waals surface area contributed by atoms with Crippen LogP contribution in [0.5, 0.6) is 11.5 Å². The van der Waals surface area contributed by atoms with Crippen LogP contribution in [0.15, 0.2) is 86.0 Å². The van der Waals surface area contributed by atoms with E-state index in [-0.39, 0.29) is 6.79 Å². The SMILES string of the molecule is C=C(C)c1ccc(OCOc2ccc(-c3ccccc3)cc2)cc1C(=C)C. The van der Waals surface area contributed by atoms with Crippen molar-refractivity contribution in [2.45, 2.75) is 13.8 Å². The predicted molar refractivity (Wildman–Crippen MR) is 114 cm³/mol. The topological polar surface area (TPSA) is 18.5 Å². The normalized spacial score (nSPS) is 10.3. The van der Waals surface area contributed by atoms with Gasteiger partial charge in [0.25, 0.3) is 0 Å². The maximum Gasteiger partial charge on any atom is 0.230 e. The van der Waals surface area contributed by atoms with Crippen molar-refractivity contribution in [2.24, 2.45) is 0 Å². The van der Waals surface area contributed by atoms with Crippen molar-refractivity contribution < 1.29 is 9.47 Å². The summed E-state index contributed by atoms with van der Waals surface area (Å²) in [7, 11) is 0. The van der Waals surface area contributed by atoms with Crippen LogP contribution in [0.1, 0.15) is 25.0 Å². The van der Waals surface area contributed by atoms with Gasteiger partial charge in [-0.25, -0.2) is 0 Å². The highest BCUT2D eigenvalue weighted by Gasteiger charge is 2.07. The molecule has 3 aromatic carbocycles. The largest absolute Gasteiger partial charge is 0.458 e. The van der Waals surface area contributed by atoms with Crippen LogP contribution >= 0.6 is 0 Å². The Labute approximate surface area is 161 Å². The highest BCUT2D eigenvalue weighted by atomic mass is 16.7. The second kappa shape index (κ2) is 8.41. The standard InChI is InChI=1S/C25H24O2/c1-18(2)24-15-14-23(16-25(24)19(3)4)27-17-26-22-12-10-21(11-13-22)20-8-6-5-7-9-20/h5-16H,1,3,17H2,2,4H3. The molecule has 136 valence electrons. The monoisotopic (exact) mass is 356 g/mol. The molecule has 0 heterocycles. The van der Waals surface area contributed by atoms with Crippen molar-refractivity contribution in [3.63, 3.8) is 0 Å². The number of hydrogen-bond acceptors (Lipinski definition) is 2. The fourth-order valence-corrected chi connectivity index (χ4v) is 2.88. The van der Waals surface area contributed by atoms with Crippen molar-refractivity contribution in [3.8, 4) is 22.6 Å². The maximum absolute atomic E-state index is 5.76. The molecule has 0 aliphatic rings. The lowest BCUT2D eigenvalue weighted by atomic mass is 9.97. The van der Waals surface area contributed by atoms with Crippen LogP contribution < -0.4 is 9.47 Å². The number of rotatable bonds is 7. The van der Waals surface area contributed by atoms with Gasteiger partial charge < -0.3 is 9.47 Å². The summed E-state index contributed by atoms with van der Waals surface area (Å²) >= 11 is 0. The first-order valence-corrected chi connectivity index (χ1v) is 8.91. The van der Waals surface area contributed by atoms with Gasteiger partial charge in [-0.05, 0) is 60.4 Å². The lowest BCUT2D eigenvalue weighted by Crippen LogP contribution is -2.06. The molecule has 3 aromatic rings. The molecule has 0 amide bonds. The maximum atomic E-state index is 5.76. The highest BCUT2D eigenvalue weighted by Crippen LogP contribution is 2.28. The van der Waals surface area contributed by atoms with Gasteiger partial charge in [0.2, 0.25) is 6.79 Å². The second-order valence-electron chi connectivity index (χ2n) is 6.56. The lowest BCUT2D eigenvalue weighted by Gasteiger charge is -2.13. The predicted octanol–water partition coefficient (Wildman–Crippen LogP) is 6.84. The lowest BCUT2D eigenvalue weighted by molar-refractivity contribution is 0.120. The quantitative estimate of drug-likeness (QED) is 0.432. The van der Waals surface area contributed by atoms with E-state index in [9.17, 15) is 0 Å². The van der Waals surface area contributed by atoms with E-state index in [4.69, 9.17) is 9.47 Å². The van der Waals surface area contributed by atoms with E-state index in [0.717, 1.165) is 39.3 Å². The molecular formula is C25H24O2. The molecule has 2 heteroatoms. The van der Waals surface area contributed by atoms with E-state index in [0.29, 0.717) is 0 Å². The Balaban J connectivity index is 1.62. The molecule has 0 aliphatic carbocycles. The third-order valence-electron chi connectivity index (χ3n) is 4.32. The Bertz CT molecular complexity index is 938. The molecule has 3 rings (SSSR count). The molecule has 0 saturated heterocycles. The number of ether oxygens (including phenoxy) is 2. The van der Waals surface area contributed by atoms with Gasteiger partial charge in [0.15, 0.2) is 0 Å². The summed E-state index contributed by atoms with van der Waals surface area (Å²) in [5.74, 6) is 1.52. The average Bonchev–Trinajstić information content (AvgIpc) is 2.69. The van der Waals surface area contributed by atoms with Gasteiger partial charge >= 0.3 is 0 Å². The van der Waals surface area contributed by atoms with Crippen LogP contribution in [0.4, 0.5) is 0 Å². The molecule has 0 N–H and O–H groups in total. The highest BCUT2D eigenvalue weighted by molar-refractivity contribution is 5.77. The summed E-state index contributed by atoms with van der Waals surface area (Å²) in [5, 5.41) is 0. The smallest absolute Gasteiger partial charge is 0.230 e. The minimum atomic E-state index is 0.146. The summed E-state index contributed by atoms with van der Waals surface area (Å²) < 4.78 is 11.5. The molecule has 0 fully saturated rings. The first-order valence-electron chi connectivity index (χ1n) is 8.91. The Morgan fingerprint density at radius 2 is 1.22 bits per heavy atom. The van der Waals surface area contributed by atoms with Crippen molar-refractivity contribution in [3.05, 3.63) is 97.1 Å². The van der Waals surface area contributed by atoms with E-state index < -0.39 is 0 Å². The first kappa shape index (κ1) is 18.5. The van der Waals surface area contributed by atoms with Gasteiger partial charge in [0, 0.05) is 0 Å². The minimum absolute atomic E-state index is 0.146. The zero-order valence-electron chi connectivity index (χ0n) is 15.9. The van der Waals surface area contributed by atoms with Crippen molar-refractivity contribution in [2.75, 3.05) is 6.79 Å². The number of allylic oxidation sites excluding steroid dienone is 2. The van der Waals surface area contributed by atoms with Gasteiger partial charge in [-0.1, -0.05) is 72.8 Å². The molecule has 0 atom stereocenters. The van der Waals surface area contributed by atoms with E-state index in [1.54, 1.807) is 0 Å². The Hall–Kier alpha value is -3.26. The zero-order chi connectivity index (χ0) is 19.2. The summed E-state index contributed by atoms with van der Waals surface area (Å²) in [4.78, 5) is 0. The van der Waals surface area contributed by atoms with Crippen LogP contribution in [-0.4, -0.2) is 6.79 Å². The molecule has 0 bridgehead atoms. The molecule has 0 saturated carbocycles.